The first-order valence-electron chi connectivity index (χ1n) is 6.05. The molecule has 0 aliphatic heterocycles. The molecule has 0 aromatic carbocycles. The fourth-order valence-corrected chi connectivity index (χ4v) is 2.44. The van der Waals surface area contributed by atoms with E-state index in [0.717, 1.165) is 32.2 Å². The molecule has 1 aromatic heterocycles. The van der Waals surface area contributed by atoms with E-state index in [9.17, 15) is 4.79 Å². The fraction of sp³-hybridized carbons (Fsp3) is 0.667. The maximum atomic E-state index is 12.3. The number of aryl methyl sites for hydroxylation is 1. The van der Waals surface area contributed by atoms with Gasteiger partial charge in [-0.25, -0.2) is 4.98 Å². The Morgan fingerprint density at radius 1 is 1.56 bits per heavy atom. The van der Waals surface area contributed by atoms with Gasteiger partial charge in [-0.15, -0.1) is 0 Å². The van der Waals surface area contributed by atoms with Gasteiger partial charge < -0.3 is 10.3 Å². The first-order valence-corrected chi connectivity index (χ1v) is 6.05. The highest BCUT2D eigenvalue weighted by molar-refractivity contribution is 5.95. The molecule has 0 bridgehead atoms. The summed E-state index contributed by atoms with van der Waals surface area (Å²) in [7, 11) is 0. The molecule has 2 unspecified atom stereocenters. The second kappa shape index (κ2) is 4.78. The number of ketones is 1. The summed E-state index contributed by atoms with van der Waals surface area (Å²) < 4.78 is 1.89. The summed E-state index contributed by atoms with van der Waals surface area (Å²) >= 11 is 0. The van der Waals surface area contributed by atoms with Crippen molar-refractivity contribution in [2.75, 3.05) is 0 Å². The topological polar surface area (TPSA) is 60.9 Å². The number of nitrogens with zero attached hydrogens (tertiary/aromatic N) is 2. The van der Waals surface area contributed by atoms with Crippen LogP contribution in [0.4, 0.5) is 0 Å². The summed E-state index contributed by atoms with van der Waals surface area (Å²) in [5.74, 6) is 0.672. The molecule has 2 rings (SSSR count). The number of hydrogen-bond donors (Lipinski definition) is 1. The SMILES string of the molecule is CCn1ccnc1C(=O)C1CCCCC1N. The predicted molar refractivity (Wildman–Crippen MR) is 62.2 cm³/mol. The molecule has 4 heteroatoms. The molecule has 16 heavy (non-hydrogen) atoms. The fourth-order valence-electron chi connectivity index (χ4n) is 2.44. The van der Waals surface area contributed by atoms with Crippen LogP contribution < -0.4 is 5.73 Å². The van der Waals surface area contributed by atoms with Crippen molar-refractivity contribution in [2.24, 2.45) is 11.7 Å². The summed E-state index contributed by atoms with van der Waals surface area (Å²) in [4.78, 5) is 16.4. The highest BCUT2D eigenvalue weighted by atomic mass is 16.1. The van der Waals surface area contributed by atoms with E-state index in [-0.39, 0.29) is 17.7 Å². The molecule has 1 saturated carbocycles. The van der Waals surface area contributed by atoms with Crippen molar-refractivity contribution >= 4 is 5.78 Å². The van der Waals surface area contributed by atoms with Crippen LogP contribution >= 0.6 is 0 Å². The largest absolute Gasteiger partial charge is 0.329 e. The van der Waals surface area contributed by atoms with Crippen LogP contribution in [0.3, 0.4) is 0 Å². The molecule has 0 amide bonds. The lowest BCUT2D eigenvalue weighted by Gasteiger charge is -2.27. The van der Waals surface area contributed by atoms with Gasteiger partial charge in [-0.3, -0.25) is 4.79 Å². The molecule has 0 saturated heterocycles. The van der Waals surface area contributed by atoms with Crippen LogP contribution in [0.1, 0.15) is 43.2 Å². The lowest BCUT2D eigenvalue weighted by molar-refractivity contribution is 0.0855. The summed E-state index contributed by atoms with van der Waals surface area (Å²) in [6, 6.07) is 0.0169. The van der Waals surface area contributed by atoms with E-state index in [1.807, 2.05) is 17.7 Å². The number of Topliss-reactive ketones (excluding diaryl/α,β-unsaturated/α-hetero) is 1. The van der Waals surface area contributed by atoms with E-state index in [0.29, 0.717) is 5.82 Å². The van der Waals surface area contributed by atoms with Crippen LogP contribution in [0.25, 0.3) is 0 Å². The van der Waals surface area contributed by atoms with E-state index in [4.69, 9.17) is 5.73 Å². The van der Waals surface area contributed by atoms with Crippen molar-refractivity contribution in [3.8, 4) is 0 Å². The second-order valence-corrected chi connectivity index (χ2v) is 4.46. The number of imidazole rings is 1. The number of rotatable bonds is 3. The average molecular weight is 221 g/mol. The van der Waals surface area contributed by atoms with Gasteiger partial charge in [0.05, 0.1) is 0 Å². The van der Waals surface area contributed by atoms with Gasteiger partial charge in [-0.2, -0.15) is 0 Å². The van der Waals surface area contributed by atoms with Crippen LogP contribution in [0.15, 0.2) is 12.4 Å². The summed E-state index contributed by atoms with van der Waals surface area (Å²) in [5, 5.41) is 0. The Labute approximate surface area is 95.9 Å². The zero-order valence-electron chi connectivity index (χ0n) is 9.72. The molecule has 88 valence electrons. The molecule has 1 fully saturated rings. The van der Waals surface area contributed by atoms with E-state index in [2.05, 4.69) is 4.98 Å². The first-order chi connectivity index (χ1) is 7.74. The predicted octanol–water partition coefficient (Wildman–Crippen LogP) is 1.60. The van der Waals surface area contributed by atoms with E-state index < -0.39 is 0 Å². The zero-order valence-corrected chi connectivity index (χ0v) is 9.72. The van der Waals surface area contributed by atoms with Gasteiger partial charge in [-0.1, -0.05) is 12.8 Å². The van der Waals surface area contributed by atoms with Crippen molar-refractivity contribution in [1.29, 1.82) is 0 Å². The van der Waals surface area contributed by atoms with Crippen LogP contribution in [0.5, 0.6) is 0 Å². The molecule has 0 spiro atoms. The first kappa shape index (κ1) is 11.3. The van der Waals surface area contributed by atoms with Gasteiger partial charge in [-0.05, 0) is 19.8 Å². The third-order valence-electron chi connectivity index (χ3n) is 3.43. The van der Waals surface area contributed by atoms with Gasteiger partial charge in [0, 0.05) is 30.9 Å². The Hall–Kier alpha value is -1.16. The van der Waals surface area contributed by atoms with Crippen molar-refractivity contribution < 1.29 is 4.79 Å². The number of hydrogen-bond acceptors (Lipinski definition) is 3. The molecule has 4 nitrogen and oxygen atoms in total. The number of carbonyl (C=O) groups excluding carboxylic acids is 1. The minimum Gasteiger partial charge on any atom is -0.329 e. The zero-order chi connectivity index (χ0) is 11.5. The van der Waals surface area contributed by atoms with E-state index in [1.165, 1.54) is 0 Å². The molecule has 1 heterocycles. The third kappa shape index (κ3) is 2.02. The number of aromatic nitrogens is 2. The average Bonchev–Trinajstić information content (AvgIpc) is 2.77. The standard InChI is InChI=1S/C12H19N3O/c1-2-15-8-7-14-12(15)11(16)9-5-3-4-6-10(9)13/h7-10H,2-6,13H2,1H3. The minimum atomic E-state index is -0.0264. The Morgan fingerprint density at radius 2 is 2.31 bits per heavy atom. The summed E-state index contributed by atoms with van der Waals surface area (Å²) in [6.45, 7) is 2.79. The monoisotopic (exact) mass is 221 g/mol. The van der Waals surface area contributed by atoms with Gasteiger partial charge >= 0.3 is 0 Å². The highest BCUT2D eigenvalue weighted by Crippen LogP contribution is 2.25. The lowest BCUT2D eigenvalue weighted by atomic mass is 9.82. The van der Waals surface area contributed by atoms with Crippen molar-refractivity contribution in [2.45, 2.75) is 45.2 Å². The number of carbonyl (C=O) groups is 1. The van der Waals surface area contributed by atoms with Crippen LogP contribution in [0, 0.1) is 5.92 Å². The normalized spacial score (nSPS) is 25.6. The van der Waals surface area contributed by atoms with E-state index in [1.54, 1.807) is 6.20 Å². The van der Waals surface area contributed by atoms with Crippen molar-refractivity contribution in [1.82, 2.24) is 9.55 Å². The van der Waals surface area contributed by atoms with Gasteiger partial charge in [0.2, 0.25) is 5.78 Å². The second-order valence-electron chi connectivity index (χ2n) is 4.46. The van der Waals surface area contributed by atoms with Gasteiger partial charge in [0.15, 0.2) is 5.82 Å². The van der Waals surface area contributed by atoms with Crippen LogP contribution in [0.2, 0.25) is 0 Å². The smallest absolute Gasteiger partial charge is 0.202 e. The number of nitrogens with two attached hydrogens (primary N) is 1. The Morgan fingerprint density at radius 3 is 3.00 bits per heavy atom. The van der Waals surface area contributed by atoms with Crippen molar-refractivity contribution in [3.05, 3.63) is 18.2 Å². The van der Waals surface area contributed by atoms with E-state index >= 15 is 0 Å². The molecule has 2 atom stereocenters. The highest BCUT2D eigenvalue weighted by Gasteiger charge is 2.30. The lowest BCUT2D eigenvalue weighted by Crippen LogP contribution is -2.39. The van der Waals surface area contributed by atoms with Gasteiger partial charge in [0.25, 0.3) is 0 Å². The Kier molecular flexibility index (Phi) is 3.39. The van der Waals surface area contributed by atoms with Crippen molar-refractivity contribution in [3.63, 3.8) is 0 Å². The maximum absolute atomic E-state index is 12.3. The molecular formula is C12H19N3O. The van der Waals surface area contributed by atoms with Crippen LogP contribution in [-0.2, 0) is 6.54 Å². The molecular weight excluding hydrogens is 202 g/mol. The molecule has 0 radical (unpaired) electrons. The quantitative estimate of drug-likeness (QED) is 0.789. The molecule has 1 aliphatic rings. The Balaban J connectivity index is 2.17. The summed E-state index contributed by atoms with van der Waals surface area (Å²) in [6.07, 6.45) is 7.66. The Bertz CT molecular complexity index is 372. The third-order valence-corrected chi connectivity index (χ3v) is 3.43. The van der Waals surface area contributed by atoms with Gasteiger partial charge in [0.1, 0.15) is 0 Å². The minimum absolute atomic E-state index is 0.0169. The van der Waals surface area contributed by atoms with Crippen LogP contribution in [-0.4, -0.2) is 21.4 Å². The summed E-state index contributed by atoms with van der Waals surface area (Å²) in [5.41, 5.74) is 6.02. The molecule has 1 aromatic rings. The molecule has 1 aliphatic carbocycles. The molecule has 2 N–H and O–H groups in total. The maximum Gasteiger partial charge on any atom is 0.202 e.